The highest BCUT2D eigenvalue weighted by molar-refractivity contribution is 5.62. The van der Waals surface area contributed by atoms with Crippen molar-refractivity contribution in [3.8, 4) is 17.0 Å². The van der Waals surface area contributed by atoms with Crippen LogP contribution in [-0.2, 0) is 13.6 Å². The molecule has 1 unspecified atom stereocenters. The van der Waals surface area contributed by atoms with Gasteiger partial charge < -0.3 is 15.2 Å². The number of rotatable bonds is 7. The van der Waals surface area contributed by atoms with Gasteiger partial charge in [-0.15, -0.1) is 0 Å². The van der Waals surface area contributed by atoms with E-state index < -0.39 is 6.10 Å². The van der Waals surface area contributed by atoms with Crippen molar-refractivity contribution in [3.63, 3.8) is 0 Å². The van der Waals surface area contributed by atoms with Crippen LogP contribution in [0.4, 0.5) is 0 Å². The van der Waals surface area contributed by atoms with Gasteiger partial charge in [-0.3, -0.25) is 4.68 Å². The lowest BCUT2D eigenvalue weighted by Gasteiger charge is -2.13. The summed E-state index contributed by atoms with van der Waals surface area (Å²) in [5, 5.41) is 18.2. The molecule has 0 spiro atoms. The second-order valence-electron chi connectivity index (χ2n) is 5.97. The lowest BCUT2D eigenvalue weighted by molar-refractivity contribution is 0.174. The Kier molecular flexibility index (Phi) is 5.48. The summed E-state index contributed by atoms with van der Waals surface area (Å²) in [6, 6.07) is 17.6. The van der Waals surface area contributed by atoms with Gasteiger partial charge in [0.1, 0.15) is 5.75 Å². The molecule has 3 aromatic rings. The second kappa shape index (κ2) is 7.96. The molecule has 0 bridgehead atoms. The molecule has 0 saturated heterocycles. The summed E-state index contributed by atoms with van der Waals surface area (Å²) in [6.45, 7) is 1.09. The SMILES string of the molecule is COc1cccc(C(O)CNCc2cn(C)nc2-c2ccccc2)c1. The first-order chi connectivity index (χ1) is 12.2. The van der Waals surface area contributed by atoms with Crippen LogP contribution in [0.5, 0.6) is 5.75 Å². The van der Waals surface area contributed by atoms with Gasteiger partial charge in [-0.25, -0.2) is 0 Å². The molecular formula is C20H23N3O2. The van der Waals surface area contributed by atoms with Crippen LogP contribution in [0.25, 0.3) is 11.3 Å². The van der Waals surface area contributed by atoms with E-state index in [4.69, 9.17) is 4.74 Å². The van der Waals surface area contributed by atoms with Gasteiger partial charge in [0.25, 0.3) is 0 Å². The minimum atomic E-state index is -0.591. The second-order valence-corrected chi connectivity index (χ2v) is 5.97. The topological polar surface area (TPSA) is 59.3 Å². The fraction of sp³-hybridized carbons (Fsp3) is 0.250. The number of nitrogens with one attached hydrogen (secondary N) is 1. The van der Waals surface area contributed by atoms with Crippen molar-refractivity contribution in [2.75, 3.05) is 13.7 Å². The summed E-state index contributed by atoms with van der Waals surface area (Å²) in [4.78, 5) is 0. The molecule has 0 radical (unpaired) electrons. The van der Waals surface area contributed by atoms with Crippen LogP contribution in [-0.4, -0.2) is 28.5 Å². The molecule has 25 heavy (non-hydrogen) atoms. The number of aryl methyl sites for hydroxylation is 1. The summed E-state index contributed by atoms with van der Waals surface area (Å²) < 4.78 is 7.02. The largest absolute Gasteiger partial charge is 0.497 e. The zero-order chi connectivity index (χ0) is 17.6. The Morgan fingerprint density at radius 1 is 1.16 bits per heavy atom. The number of aliphatic hydroxyl groups is 1. The van der Waals surface area contributed by atoms with Gasteiger partial charge in [-0.05, 0) is 17.7 Å². The molecule has 0 saturated carbocycles. The lowest BCUT2D eigenvalue weighted by atomic mass is 10.1. The molecule has 0 aliphatic rings. The van der Waals surface area contributed by atoms with Crippen molar-refractivity contribution in [1.82, 2.24) is 15.1 Å². The van der Waals surface area contributed by atoms with Crippen LogP contribution in [0, 0.1) is 0 Å². The normalized spacial score (nSPS) is 12.1. The predicted octanol–water partition coefficient (Wildman–Crippen LogP) is 2.92. The van der Waals surface area contributed by atoms with Gasteiger partial charge in [-0.2, -0.15) is 5.10 Å². The quantitative estimate of drug-likeness (QED) is 0.696. The standard InChI is InChI=1S/C20H23N3O2/c1-23-14-17(20(22-23)15-7-4-3-5-8-15)12-21-13-19(24)16-9-6-10-18(11-16)25-2/h3-11,14,19,21,24H,12-13H2,1-2H3. The first-order valence-electron chi connectivity index (χ1n) is 8.28. The van der Waals surface area contributed by atoms with Crippen molar-refractivity contribution < 1.29 is 9.84 Å². The zero-order valence-corrected chi connectivity index (χ0v) is 14.5. The van der Waals surface area contributed by atoms with E-state index in [0.29, 0.717) is 13.1 Å². The van der Waals surface area contributed by atoms with Crippen molar-refractivity contribution in [2.45, 2.75) is 12.6 Å². The van der Waals surface area contributed by atoms with Gasteiger partial charge in [0, 0.05) is 37.5 Å². The number of nitrogens with zero attached hydrogens (tertiary/aromatic N) is 2. The maximum atomic E-state index is 10.4. The number of aromatic nitrogens is 2. The molecule has 0 amide bonds. The van der Waals surface area contributed by atoms with Crippen LogP contribution < -0.4 is 10.1 Å². The van der Waals surface area contributed by atoms with E-state index in [9.17, 15) is 5.11 Å². The molecule has 5 heteroatoms. The highest BCUT2D eigenvalue weighted by atomic mass is 16.5. The number of hydrogen-bond acceptors (Lipinski definition) is 4. The summed E-state index contributed by atoms with van der Waals surface area (Å²) in [5.74, 6) is 0.746. The van der Waals surface area contributed by atoms with Crippen LogP contribution in [0.3, 0.4) is 0 Å². The minimum absolute atomic E-state index is 0.455. The van der Waals surface area contributed by atoms with Crippen molar-refractivity contribution in [2.24, 2.45) is 7.05 Å². The van der Waals surface area contributed by atoms with Gasteiger partial charge in [-0.1, -0.05) is 42.5 Å². The first-order valence-corrected chi connectivity index (χ1v) is 8.28. The van der Waals surface area contributed by atoms with E-state index in [0.717, 1.165) is 28.1 Å². The van der Waals surface area contributed by atoms with E-state index >= 15 is 0 Å². The molecule has 1 aromatic heterocycles. The van der Waals surface area contributed by atoms with E-state index in [1.807, 2.05) is 60.4 Å². The Labute approximate surface area is 147 Å². The fourth-order valence-corrected chi connectivity index (χ4v) is 2.82. The molecular weight excluding hydrogens is 314 g/mol. The maximum Gasteiger partial charge on any atom is 0.119 e. The molecule has 1 atom stereocenters. The molecule has 3 rings (SSSR count). The Balaban J connectivity index is 1.64. The molecule has 5 nitrogen and oxygen atoms in total. The molecule has 2 N–H and O–H groups in total. The fourth-order valence-electron chi connectivity index (χ4n) is 2.82. The third-order valence-electron chi connectivity index (χ3n) is 4.08. The Morgan fingerprint density at radius 3 is 2.72 bits per heavy atom. The Bertz CT molecular complexity index is 815. The molecule has 2 aromatic carbocycles. The third kappa shape index (κ3) is 4.26. The maximum absolute atomic E-state index is 10.4. The number of ether oxygens (including phenoxy) is 1. The summed E-state index contributed by atoms with van der Waals surface area (Å²) >= 11 is 0. The molecule has 1 heterocycles. The van der Waals surface area contributed by atoms with Crippen molar-refractivity contribution >= 4 is 0 Å². The van der Waals surface area contributed by atoms with E-state index in [1.54, 1.807) is 7.11 Å². The number of benzene rings is 2. The zero-order valence-electron chi connectivity index (χ0n) is 14.5. The van der Waals surface area contributed by atoms with Gasteiger partial charge >= 0.3 is 0 Å². The average Bonchev–Trinajstić information content (AvgIpc) is 3.03. The average molecular weight is 337 g/mol. The highest BCUT2D eigenvalue weighted by Gasteiger charge is 2.12. The van der Waals surface area contributed by atoms with Crippen molar-refractivity contribution in [1.29, 1.82) is 0 Å². The minimum Gasteiger partial charge on any atom is -0.497 e. The summed E-state index contributed by atoms with van der Waals surface area (Å²) in [5.41, 5.74) is 3.99. The van der Waals surface area contributed by atoms with Gasteiger partial charge in [0.15, 0.2) is 0 Å². The predicted molar refractivity (Wildman–Crippen MR) is 98.3 cm³/mol. The van der Waals surface area contributed by atoms with E-state index in [-0.39, 0.29) is 0 Å². The van der Waals surface area contributed by atoms with Gasteiger partial charge in [0.2, 0.25) is 0 Å². The summed E-state index contributed by atoms with van der Waals surface area (Å²) in [7, 11) is 3.54. The molecule has 0 aliphatic heterocycles. The molecule has 130 valence electrons. The Morgan fingerprint density at radius 2 is 1.96 bits per heavy atom. The molecule has 0 fully saturated rings. The van der Waals surface area contributed by atoms with E-state index in [1.165, 1.54) is 0 Å². The molecule has 0 aliphatic carbocycles. The first kappa shape index (κ1) is 17.2. The smallest absolute Gasteiger partial charge is 0.119 e. The Hall–Kier alpha value is -2.63. The van der Waals surface area contributed by atoms with E-state index in [2.05, 4.69) is 22.5 Å². The lowest BCUT2D eigenvalue weighted by Crippen LogP contribution is -2.21. The number of aliphatic hydroxyl groups excluding tert-OH is 1. The van der Waals surface area contributed by atoms with Crippen LogP contribution in [0.2, 0.25) is 0 Å². The monoisotopic (exact) mass is 337 g/mol. The van der Waals surface area contributed by atoms with Crippen LogP contribution in [0.15, 0.2) is 60.8 Å². The van der Waals surface area contributed by atoms with Crippen LogP contribution >= 0.6 is 0 Å². The number of hydrogen-bond donors (Lipinski definition) is 2. The van der Waals surface area contributed by atoms with Gasteiger partial charge in [0.05, 0.1) is 18.9 Å². The highest BCUT2D eigenvalue weighted by Crippen LogP contribution is 2.22. The third-order valence-corrected chi connectivity index (χ3v) is 4.08. The van der Waals surface area contributed by atoms with Crippen LogP contribution in [0.1, 0.15) is 17.2 Å². The summed E-state index contributed by atoms with van der Waals surface area (Å²) in [6.07, 6.45) is 1.42. The number of methoxy groups -OCH3 is 1. The van der Waals surface area contributed by atoms with Crippen molar-refractivity contribution in [3.05, 3.63) is 71.9 Å².